The number of fused-ring (bicyclic) bond motifs is 1. The second-order valence-corrected chi connectivity index (χ2v) is 6.27. The SMILES string of the molecule is O=C(Cc1c[nH]c2ncccc12)N1CCC1c1ccc(Cl)cc1. The molecule has 2 aromatic heterocycles. The van der Waals surface area contributed by atoms with Crippen LogP contribution in [-0.4, -0.2) is 27.3 Å². The minimum atomic E-state index is 0.154. The van der Waals surface area contributed by atoms with Crippen molar-refractivity contribution in [2.75, 3.05) is 6.54 Å². The summed E-state index contributed by atoms with van der Waals surface area (Å²) in [6.45, 7) is 0.812. The summed E-state index contributed by atoms with van der Waals surface area (Å²) < 4.78 is 0. The molecule has 1 fully saturated rings. The van der Waals surface area contributed by atoms with Gasteiger partial charge in [-0.15, -0.1) is 0 Å². The number of aromatic amines is 1. The predicted molar refractivity (Wildman–Crippen MR) is 90.3 cm³/mol. The number of pyridine rings is 1. The van der Waals surface area contributed by atoms with E-state index in [-0.39, 0.29) is 11.9 Å². The molecule has 4 nitrogen and oxygen atoms in total. The smallest absolute Gasteiger partial charge is 0.227 e. The van der Waals surface area contributed by atoms with E-state index in [1.54, 1.807) is 6.20 Å². The monoisotopic (exact) mass is 325 g/mol. The molecule has 1 unspecified atom stereocenters. The van der Waals surface area contributed by atoms with Crippen LogP contribution in [0.1, 0.15) is 23.6 Å². The van der Waals surface area contributed by atoms with Crippen LogP contribution in [-0.2, 0) is 11.2 Å². The molecule has 0 aliphatic carbocycles. The van der Waals surface area contributed by atoms with Crippen molar-refractivity contribution in [2.45, 2.75) is 18.9 Å². The Labute approximate surface area is 139 Å². The number of nitrogens with one attached hydrogen (secondary N) is 1. The van der Waals surface area contributed by atoms with Gasteiger partial charge in [0.25, 0.3) is 0 Å². The first-order chi connectivity index (χ1) is 11.2. The van der Waals surface area contributed by atoms with Gasteiger partial charge in [0.15, 0.2) is 0 Å². The molecule has 0 spiro atoms. The average molecular weight is 326 g/mol. The highest BCUT2D eigenvalue weighted by molar-refractivity contribution is 6.30. The van der Waals surface area contributed by atoms with Crippen LogP contribution in [0.5, 0.6) is 0 Å². The molecule has 1 aliphatic heterocycles. The summed E-state index contributed by atoms with van der Waals surface area (Å²) in [5.74, 6) is 0.154. The standard InChI is InChI=1S/C18H16ClN3O/c19-14-5-3-12(4-6-14)16-7-9-22(16)17(23)10-13-11-21-18-15(13)2-1-8-20-18/h1-6,8,11,16H,7,9-10H2,(H,20,21). The van der Waals surface area contributed by atoms with Gasteiger partial charge in [0, 0.05) is 29.3 Å². The van der Waals surface area contributed by atoms with Crippen molar-refractivity contribution in [3.05, 3.63) is 64.9 Å². The molecule has 1 N–H and O–H groups in total. The first-order valence-electron chi connectivity index (χ1n) is 7.68. The Balaban J connectivity index is 1.52. The lowest BCUT2D eigenvalue weighted by Gasteiger charge is -2.41. The van der Waals surface area contributed by atoms with Crippen LogP contribution in [0.15, 0.2) is 48.8 Å². The van der Waals surface area contributed by atoms with Crippen LogP contribution in [0.25, 0.3) is 11.0 Å². The Hall–Kier alpha value is -2.33. The number of hydrogen-bond acceptors (Lipinski definition) is 2. The molecule has 0 radical (unpaired) electrons. The van der Waals surface area contributed by atoms with Crippen molar-refractivity contribution in [1.29, 1.82) is 0 Å². The molecule has 3 heterocycles. The quantitative estimate of drug-likeness (QED) is 0.797. The van der Waals surface area contributed by atoms with E-state index < -0.39 is 0 Å². The third kappa shape index (κ3) is 2.59. The maximum absolute atomic E-state index is 12.7. The van der Waals surface area contributed by atoms with Crippen molar-refractivity contribution in [2.24, 2.45) is 0 Å². The van der Waals surface area contributed by atoms with Gasteiger partial charge in [-0.3, -0.25) is 4.79 Å². The van der Waals surface area contributed by atoms with E-state index in [0.29, 0.717) is 6.42 Å². The van der Waals surface area contributed by atoms with Gasteiger partial charge in [-0.2, -0.15) is 0 Å². The molecular formula is C18H16ClN3O. The molecule has 1 aliphatic rings. The van der Waals surface area contributed by atoms with Crippen LogP contribution in [0.4, 0.5) is 0 Å². The zero-order valence-corrected chi connectivity index (χ0v) is 13.3. The number of rotatable bonds is 3. The lowest BCUT2D eigenvalue weighted by Crippen LogP contribution is -2.45. The number of H-pyrrole nitrogens is 1. The fourth-order valence-electron chi connectivity index (χ4n) is 3.14. The van der Waals surface area contributed by atoms with E-state index in [9.17, 15) is 4.79 Å². The Bertz CT molecular complexity index is 856. The van der Waals surface area contributed by atoms with E-state index in [4.69, 9.17) is 11.6 Å². The number of carbonyl (C=O) groups excluding carboxylic acids is 1. The maximum Gasteiger partial charge on any atom is 0.227 e. The Morgan fingerprint density at radius 3 is 2.87 bits per heavy atom. The number of aromatic nitrogens is 2. The van der Waals surface area contributed by atoms with Crippen LogP contribution in [0, 0.1) is 0 Å². The number of hydrogen-bond donors (Lipinski definition) is 1. The summed E-state index contributed by atoms with van der Waals surface area (Å²) in [4.78, 5) is 22.0. The van der Waals surface area contributed by atoms with E-state index in [1.807, 2.05) is 47.5 Å². The van der Waals surface area contributed by atoms with Crippen LogP contribution >= 0.6 is 11.6 Å². The summed E-state index contributed by atoms with van der Waals surface area (Å²) in [5.41, 5.74) is 2.97. The van der Waals surface area contributed by atoms with Crippen molar-refractivity contribution < 1.29 is 4.79 Å². The average Bonchev–Trinajstić information content (AvgIpc) is 2.92. The van der Waals surface area contributed by atoms with Crippen molar-refractivity contribution in [3.63, 3.8) is 0 Å². The van der Waals surface area contributed by atoms with Gasteiger partial charge >= 0.3 is 0 Å². The van der Waals surface area contributed by atoms with Crippen LogP contribution < -0.4 is 0 Å². The normalized spacial score (nSPS) is 17.3. The largest absolute Gasteiger partial charge is 0.346 e. The van der Waals surface area contributed by atoms with Gasteiger partial charge in [-0.1, -0.05) is 23.7 Å². The van der Waals surface area contributed by atoms with Gasteiger partial charge in [0.05, 0.1) is 12.5 Å². The van der Waals surface area contributed by atoms with Crippen molar-refractivity contribution in [3.8, 4) is 0 Å². The van der Waals surface area contributed by atoms with E-state index in [0.717, 1.165) is 40.1 Å². The summed E-state index contributed by atoms with van der Waals surface area (Å²) >= 11 is 5.94. The van der Waals surface area contributed by atoms with Gasteiger partial charge in [-0.25, -0.2) is 4.98 Å². The number of halogens is 1. The molecule has 1 amide bonds. The number of amides is 1. The van der Waals surface area contributed by atoms with Crippen LogP contribution in [0.3, 0.4) is 0 Å². The summed E-state index contributed by atoms with van der Waals surface area (Å²) in [6.07, 6.45) is 5.03. The summed E-state index contributed by atoms with van der Waals surface area (Å²) in [7, 11) is 0. The van der Waals surface area contributed by atoms with Gasteiger partial charge < -0.3 is 9.88 Å². The third-order valence-corrected chi connectivity index (χ3v) is 4.73. The minimum absolute atomic E-state index is 0.154. The second-order valence-electron chi connectivity index (χ2n) is 5.83. The highest BCUT2D eigenvalue weighted by Crippen LogP contribution is 2.34. The van der Waals surface area contributed by atoms with Gasteiger partial charge in [-0.05, 0) is 41.8 Å². The van der Waals surface area contributed by atoms with E-state index >= 15 is 0 Å². The molecule has 1 aromatic carbocycles. The zero-order chi connectivity index (χ0) is 15.8. The zero-order valence-electron chi connectivity index (χ0n) is 12.5. The molecule has 0 saturated carbocycles. The van der Waals surface area contributed by atoms with Gasteiger partial charge in [0.1, 0.15) is 5.65 Å². The Kier molecular flexibility index (Phi) is 3.54. The lowest BCUT2D eigenvalue weighted by molar-refractivity contribution is -0.138. The maximum atomic E-state index is 12.7. The second kappa shape index (κ2) is 5.70. The highest BCUT2D eigenvalue weighted by atomic mass is 35.5. The van der Waals surface area contributed by atoms with Gasteiger partial charge in [0.2, 0.25) is 5.91 Å². The van der Waals surface area contributed by atoms with Crippen LogP contribution in [0.2, 0.25) is 5.02 Å². The molecule has 1 saturated heterocycles. The minimum Gasteiger partial charge on any atom is -0.346 e. The number of benzene rings is 1. The number of likely N-dealkylation sites (tertiary alicyclic amines) is 1. The van der Waals surface area contributed by atoms with Crippen molar-refractivity contribution in [1.82, 2.24) is 14.9 Å². The first kappa shape index (κ1) is 14.3. The van der Waals surface area contributed by atoms with Crippen molar-refractivity contribution >= 4 is 28.5 Å². The molecular weight excluding hydrogens is 310 g/mol. The Morgan fingerprint density at radius 2 is 2.13 bits per heavy atom. The molecule has 5 heteroatoms. The topological polar surface area (TPSA) is 49.0 Å². The molecule has 0 bridgehead atoms. The molecule has 1 atom stereocenters. The lowest BCUT2D eigenvalue weighted by atomic mass is 9.94. The predicted octanol–water partition coefficient (Wildman–Crippen LogP) is 3.73. The summed E-state index contributed by atoms with van der Waals surface area (Å²) in [6, 6.07) is 11.8. The molecule has 3 aromatic rings. The fourth-order valence-corrected chi connectivity index (χ4v) is 3.27. The molecule has 23 heavy (non-hydrogen) atoms. The molecule has 116 valence electrons. The molecule has 4 rings (SSSR count). The summed E-state index contributed by atoms with van der Waals surface area (Å²) in [5, 5.41) is 1.74. The van der Waals surface area contributed by atoms with E-state index in [1.165, 1.54) is 0 Å². The van der Waals surface area contributed by atoms with E-state index in [2.05, 4.69) is 9.97 Å². The number of nitrogens with zero attached hydrogens (tertiary/aromatic N) is 2. The fraction of sp³-hybridized carbons (Fsp3) is 0.222. The third-order valence-electron chi connectivity index (χ3n) is 4.47. The highest BCUT2D eigenvalue weighted by Gasteiger charge is 2.33. The number of carbonyl (C=O) groups is 1. The first-order valence-corrected chi connectivity index (χ1v) is 8.06. The Morgan fingerprint density at radius 1 is 1.30 bits per heavy atom.